The second-order valence-electron chi connectivity index (χ2n) is 6.12. The van der Waals surface area contributed by atoms with Crippen LogP contribution in [0.1, 0.15) is 21.5 Å². The predicted molar refractivity (Wildman–Crippen MR) is 123 cm³/mol. The molecule has 8 heteroatoms. The number of para-hydroxylation sites is 1. The van der Waals surface area contributed by atoms with Crippen molar-refractivity contribution in [2.24, 2.45) is 5.10 Å². The Morgan fingerprint density at radius 1 is 1.13 bits per heavy atom. The van der Waals surface area contributed by atoms with Gasteiger partial charge in [-0.15, -0.1) is 0 Å². The predicted octanol–water partition coefficient (Wildman–Crippen LogP) is 6.11. The number of benzene rings is 3. The second kappa shape index (κ2) is 10.5. The van der Waals surface area contributed by atoms with Crippen LogP contribution in [0.3, 0.4) is 0 Å². The summed E-state index contributed by atoms with van der Waals surface area (Å²) < 4.78 is 12.4. The number of hydrogen-bond donors (Lipinski definition) is 1. The van der Waals surface area contributed by atoms with Crippen molar-refractivity contribution in [3.63, 3.8) is 0 Å². The van der Waals surface area contributed by atoms with E-state index in [1.54, 1.807) is 19.2 Å². The average Bonchev–Trinajstić information content (AvgIpc) is 2.73. The average molecular weight is 508 g/mol. The lowest BCUT2D eigenvalue weighted by Gasteiger charge is -2.13. The zero-order chi connectivity index (χ0) is 21.5. The van der Waals surface area contributed by atoms with Gasteiger partial charge in [-0.25, -0.2) is 5.43 Å². The van der Waals surface area contributed by atoms with E-state index in [2.05, 4.69) is 26.5 Å². The molecule has 0 unspecified atom stereocenters. The maximum atomic E-state index is 12.3. The number of ether oxygens (including phenoxy) is 2. The summed E-state index contributed by atoms with van der Waals surface area (Å²) in [5.41, 5.74) is 4.37. The van der Waals surface area contributed by atoms with Crippen molar-refractivity contribution in [1.29, 1.82) is 0 Å². The maximum Gasteiger partial charge on any atom is 0.272 e. The summed E-state index contributed by atoms with van der Waals surface area (Å²) in [6.45, 7) is 0.348. The van der Waals surface area contributed by atoms with Gasteiger partial charge in [0.05, 0.1) is 23.9 Å². The van der Waals surface area contributed by atoms with Gasteiger partial charge in [-0.05, 0) is 48.0 Å². The van der Waals surface area contributed by atoms with E-state index in [0.717, 1.165) is 10.0 Å². The van der Waals surface area contributed by atoms with Gasteiger partial charge in [0.1, 0.15) is 6.61 Å². The van der Waals surface area contributed by atoms with E-state index >= 15 is 0 Å². The Balaban J connectivity index is 1.74. The zero-order valence-electron chi connectivity index (χ0n) is 15.9. The molecule has 0 bridgehead atoms. The Kier molecular flexibility index (Phi) is 7.74. The lowest BCUT2D eigenvalue weighted by atomic mass is 10.2. The molecule has 0 fully saturated rings. The summed E-state index contributed by atoms with van der Waals surface area (Å²) in [6, 6.07) is 17.8. The van der Waals surface area contributed by atoms with Crippen LogP contribution in [0.5, 0.6) is 11.5 Å². The monoisotopic (exact) mass is 506 g/mol. The lowest BCUT2D eigenvalue weighted by Crippen LogP contribution is -2.18. The van der Waals surface area contributed by atoms with Gasteiger partial charge >= 0.3 is 0 Å². The summed E-state index contributed by atoms with van der Waals surface area (Å²) in [5.74, 6) is 0.627. The van der Waals surface area contributed by atoms with E-state index in [9.17, 15) is 4.79 Å². The highest BCUT2D eigenvalue weighted by atomic mass is 79.9. The number of halogens is 3. The summed E-state index contributed by atoms with van der Waals surface area (Å²) >= 11 is 15.3. The van der Waals surface area contributed by atoms with Gasteiger partial charge in [-0.3, -0.25) is 4.79 Å². The highest BCUT2D eigenvalue weighted by Gasteiger charge is 2.12. The molecule has 5 nitrogen and oxygen atoms in total. The molecular formula is C22H17BrCl2N2O3. The fourth-order valence-electron chi connectivity index (χ4n) is 2.58. The highest BCUT2D eigenvalue weighted by molar-refractivity contribution is 9.10. The molecule has 0 spiro atoms. The van der Waals surface area contributed by atoms with Crippen molar-refractivity contribution in [1.82, 2.24) is 5.43 Å². The van der Waals surface area contributed by atoms with Crippen LogP contribution in [-0.2, 0) is 6.61 Å². The van der Waals surface area contributed by atoms with E-state index in [1.165, 1.54) is 18.3 Å². The summed E-state index contributed by atoms with van der Waals surface area (Å²) in [5, 5.41) is 4.72. The molecule has 0 aliphatic carbocycles. The number of hydrazone groups is 1. The first-order valence-electron chi connectivity index (χ1n) is 8.80. The third kappa shape index (κ3) is 5.75. The minimum absolute atomic E-state index is 0.245. The van der Waals surface area contributed by atoms with Crippen LogP contribution >= 0.6 is 39.1 Å². The SMILES string of the molecule is COc1cccc(/C=N\NC(=O)c2ccc(Cl)cc2Cl)c1OCc1ccc(Br)cc1. The van der Waals surface area contributed by atoms with Gasteiger partial charge in [0.25, 0.3) is 5.91 Å². The van der Waals surface area contributed by atoms with Crippen molar-refractivity contribution < 1.29 is 14.3 Å². The number of methoxy groups -OCH3 is 1. The molecule has 0 aromatic heterocycles. The highest BCUT2D eigenvalue weighted by Crippen LogP contribution is 2.31. The van der Waals surface area contributed by atoms with Crippen LogP contribution in [0.15, 0.2) is 70.2 Å². The Hall–Kier alpha value is -2.54. The fraction of sp³-hybridized carbons (Fsp3) is 0.0909. The van der Waals surface area contributed by atoms with E-state index in [-0.39, 0.29) is 10.6 Å². The molecule has 0 radical (unpaired) electrons. The molecule has 0 aliphatic heterocycles. The largest absolute Gasteiger partial charge is 0.493 e. The molecule has 3 aromatic rings. The van der Waals surface area contributed by atoms with Crippen LogP contribution in [0.25, 0.3) is 0 Å². The number of carbonyl (C=O) groups excluding carboxylic acids is 1. The summed E-state index contributed by atoms with van der Waals surface area (Å²) in [4.78, 5) is 12.3. The van der Waals surface area contributed by atoms with Crippen molar-refractivity contribution in [3.8, 4) is 11.5 Å². The standard InChI is InChI=1S/C22H17BrCl2N2O3/c1-29-20-4-2-3-15(21(20)30-13-14-5-7-16(23)8-6-14)12-26-27-22(28)18-10-9-17(24)11-19(18)25/h2-12H,13H2,1H3,(H,27,28)/b26-12-. The quantitative estimate of drug-likeness (QED) is 0.310. The summed E-state index contributed by atoms with van der Waals surface area (Å²) in [7, 11) is 1.56. The molecule has 1 N–H and O–H groups in total. The van der Waals surface area contributed by atoms with Crippen molar-refractivity contribution >= 4 is 51.3 Å². The normalized spacial score (nSPS) is 10.8. The first-order valence-corrected chi connectivity index (χ1v) is 10.4. The van der Waals surface area contributed by atoms with E-state index in [1.807, 2.05) is 36.4 Å². The van der Waals surface area contributed by atoms with Gasteiger partial charge < -0.3 is 9.47 Å². The maximum absolute atomic E-state index is 12.3. The van der Waals surface area contributed by atoms with Gasteiger partial charge in [0, 0.05) is 15.1 Å². The lowest BCUT2D eigenvalue weighted by molar-refractivity contribution is 0.0955. The molecule has 0 aliphatic rings. The van der Waals surface area contributed by atoms with Gasteiger partial charge in [-0.2, -0.15) is 5.10 Å². The Morgan fingerprint density at radius 2 is 1.90 bits per heavy atom. The molecular weight excluding hydrogens is 491 g/mol. The molecule has 0 heterocycles. The van der Waals surface area contributed by atoms with Gasteiger partial charge in [0.2, 0.25) is 0 Å². The summed E-state index contributed by atoms with van der Waals surface area (Å²) in [6.07, 6.45) is 1.49. The first-order chi connectivity index (χ1) is 14.5. The molecule has 30 heavy (non-hydrogen) atoms. The second-order valence-corrected chi connectivity index (χ2v) is 7.88. The van der Waals surface area contributed by atoms with Crippen LogP contribution in [0, 0.1) is 0 Å². The Morgan fingerprint density at radius 3 is 2.60 bits per heavy atom. The van der Waals surface area contributed by atoms with Crippen LogP contribution in [0.4, 0.5) is 0 Å². The minimum Gasteiger partial charge on any atom is -0.493 e. The van der Waals surface area contributed by atoms with E-state index in [0.29, 0.717) is 28.7 Å². The van der Waals surface area contributed by atoms with E-state index in [4.69, 9.17) is 32.7 Å². The zero-order valence-corrected chi connectivity index (χ0v) is 19.0. The van der Waals surface area contributed by atoms with Gasteiger partial charge in [0.15, 0.2) is 11.5 Å². The first kappa shape index (κ1) is 22.2. The molecule has 3 rings (SSSR count). The minimum atomic E-state index is -0.451. The molecule has 3 aromatic carbocycles. The third-order valence-electron chi connectivity index (χ3n) is 4.07. The molecule has 0 atom stereocenters. The topological polar surface area (TPSA) is 59.9 Å². The Bertz CT molecular complexity index is 1070. The molecule has 154 valence electrons. The molecule has 0 saturated carbocycles. The smallest absolute Gasteiger partial charge is 0.272 e. The third-order valence-corrected chi connectivity index (χ3v) is 5.15. The fourth-order valence-corrected chi connectivity index (χ4v) is 3.34. The number of amides is 1. The van der Waals surface area contributed by atoms with Crippen LogP contribution < -0.4 is 14.9 Å². The Labute approximate surface area is 192 Å². The number of nitrogens with zero attached hydrogens (tertiary/aromatic N) is 1. The van der Waals surface area contributed by atoms with Gasteiger partial charge in [-0.1, -0.05) is 57.3 Å². The van der Waals surface area contributed by atoms with Crippen molar-refractivity contribution in [3.05, 3.63) is 91.9 Å². The number of rotatable bonds is 7. The van der Waals surface area contributed by atoms with Crippen LogP contribution in [-0.4, -0.2) is 19.2 Å². The molecule has 0 saturated heterocycles. The molecule has 1 amide bonds. The number of hydrogen-bond acceptors (Lipinski definition) is 4. The number of carbonyl (C=O) groups is 1. The van der Waals surface area contributed by atoms with Crippen LogP contribution in [0.2, 0.25) is 10.0 Å². The van der Waals surface area contributed by atoms with E-state index < -0.39 is 5.91 Å². The van der Waals surface area contributed by atoms with Crippen molar-refractivity contribution in [2.45, 2.75) is 6.61 Å². The van der Waals surface area contributed by atoms with Crippen molar-refractivity contribution in [2.75, 3.05) is 7.11 Å². The number of nitrogens with one attached hydrogen (secondary N) is 1.